The maximum Gasteiger partial charge on any atom is 0.0391 e. The standard InChI is InChI=1S/C18H25NS/c1-4-5-11-17(16-9-7-6-8-10-16)19-15(3)18-13-12-14(2)20-18/h6-10,12-13,15,17,19H,4-5,11H2,1-3H3. The Morgan fingerprint density at radius 1 is 1.10 bits per heavy atom. The summed E-state index contributed by atoms with van der Waals surface area (Å²) in [6, 6.07) is 16.2. The Morgan fingerprint density at radius 2 is 1.85 bits per heavy atom. The van der Waals surface area contributed by atoms with Gasteiger partial charge in [0.2, 0.25) is 0 Å². The molecule has 20 heavy (non-hydrogen) atoms. The largest absolute Gasteiger partial charge is 0.303 e. The fraction of sp³-hybridized carbons (Fsp3) is 0.444. The fourth-order valence-electron chi connectivity index (χ4n) is 2.51. The highest BCUT2D eigenvalue weighted by Crippen LogP contribution is 2.27. The van der Waals surface area contributed by atoms with Crippen molar-refractivity contribution in [2.24, 2.45) is 0 Å². The number of hydrogen-bond donors (Lipinski definition) is 1. The Labute approximate surface area is 127 Å². The highest BCUT2D eigenvalue weighted by molar-refractivity contribution is 7.12. The van der Waals surface area contributed by atoms with Crippen molar-refractivity contribution in [3.63, 3.8) is 0 Å². The number of rotatable bonds is 7. The Kier molecular flexibility index (Phi) is 5.81. The molecule has 0 aliphatic heterocycles. The Bertz CT molecular complexity index is 503. The third-order valence-corrected chi connectivity index (χ3v) is 4.87. The third-order valence-electron chi connectivity index (χ3n) is 3.69. The molecule has 1 heterocycles. The second kappa shape index (κ2) is 7.61. The molecule has 0 aliphatic rings. The van der Waals surface area contributed by atoms with Crippen LogP contribution in [0.4, 0.5) is 0 Å². The van der Waals surface area contributed by atoms with Gasteiger partial charge in [-0.3, -0.25) is 0 Å². The molecule has 1 aromatic carbocycles. The molecule has 0 saturated heterocycles. The summed E-state index contributed by atoms with van der Waals surface area (Å²) in [4.78, 5) is 2.82. The fourth-order valence-corrected chi connectivity index (χ4v) is 3.40. The van der Waals surface area contributed by atoms with Crippen molar-refractivity contribution in [3.05, 3.63) is 57.8 Å². The molecule has 1 N–H and O–H groups in total. The van der Waals surface area contributed by atoms with Crippen molar-refractivity contribution in [3.8, 4) is 0 Å². The van der Waals surface area contributed by atoms with Crippen molar-refractivity contribution in [1.29, 1.82) is 0 Å². The van der Waals surface area contributed by atoms with Gasteiger partial charge < -0.3 is 5.32 Å². The molecule has 0 fully saturated rings. The molecule has 1 nitrogen and oxygen atoms in total. The van der Waals surface area contributed by atoms with Crippen LogP contribution < -0.4 is 5.32 Å². The second-order valence-corrected chi connectivity index (χ2v) is 6.76. The lowest BCUT2D eigenvalue weighted by atomic mass is 10.00. The average molecular weight is 287 g/mol. The van der Waals surface area contributed by atoms with Crippen LogP contribution in [0.2, 0.25) is 0 Å². The van der Waals surface area contributed by atoms with Crippen molar-refractivity contribution in [1.82, 2.24) is 5.32 Å². The van der Waals surface area contributed by atoms with E-state index in [1.165, 1.54) is 34.6 Å². The highest BCUT2D eigenvalue weighted by Gasteiger charge is 2.15. The van der Waals surface area contributed by atoms with Gasteiger partial charge >= 0.3 is 0 Å². The molecule has 2 unspecified atom stereocenters. The number of unbranched alkanes of at least 4 members (excludes halogenated alkanes) is 1. The first-order valence-corrected chi connectivity index (χ1v) is 8.39. The van der Waals surface area contributed by atoms with E-state index in [-0.39, 0.29) is 0 Å². The minimum absolute atomic E-state index is 0.413. The Hall–Kier alpha value is -1.12. The second-order valence-electron chi connectivity index (χ2n) is 5.44. The highest BCUT2D eigenvalue weighted by atomic mass is 32.1. The zero-order chi connectivity index (χ0) is 14.4. The maximum absolute atomic E-state index is 3.81. The van der Waals surface area contributed by atoms with Crippen LogP contribution in [-0.2, 0) is 0 Å². The molecule has 2 heteroatoms. The third kappa shape index (κ3) is 4.19. The van der Waals surface area contributed by atoms with Crippen LogP contribution in [0.5, 0.6) is 0 Å². The van der Waals surface area contributed by atoms with E-state index < -0.39 is 0 Å². The quantitative estimate of drug-likeness (QED) is 0.695. The lowest BCUT2D eigenvalue weighted by Gasteiger charge is -2.23. The van der Waals surface area contributed by atoms with E-state index in [0.717, 1.165) is 0 Å². The summed E-state index contributed by atoms with van der Waals surface area (Å²) < 4.78 is 0. The average Bonchev–Trinajstić information content (AvgIpc) is 2.91. The van der Waals surface area contributed by atoms with Gasteiger partial charge in [0.15, 0.2) is 0 Å². The van der Waals surface area contributed by atoms with Crippen molar-refractivity contribution >= 4 is 11.3 Å². The molecule has 0 radical (unpaired) electrons. The summed E-state index contributed by atoms with van der Waals surface area (Å²) in [5, 5.41) is 3.81. The number of benzene rings is 1. The first kappa shape index (κ1) is 15.3. The first-order chi connectivity index (χ1) is 9.70. The molecule has 0 saturated carbocycles. The van der Waals surface area contributed by atoms with Crippen LogP contribution >= 0.6 is 11.3 Å². The van der Waals surface area contributed by atoms with E-state index in [0.29, 0.717) is 12.1 Å². The van der Waals surface area contributed by atoms with E-state index in [1.54, 1.807) is 0 Å². The molecule has 0 spiro atoms. The predicted molar refractivity (Wildman–Crippen MR) is 89.3 cm³/mol. The van der Waals surface area contributed by atoms with Gasteiger partial charge in [-0.2, -0.15) is 0 Å². The van der Waals surface area contributed by atoms with E-state index in [4.69, 9.17) is 0 Å². The van der Waals surface area contributed by atoms with Gasteiger partial charge in [0.25, 0.3) is 0 Å². The minimum atomic E-state index is 0.413. The molecule has 0 amide bonds. The summed E-state index contributed by atoms with van der Waals surface area (Å²) in [5.41, 5.74) is 1.40. The molecule has 108 valence electrons. The molecular weight excluding hydrogens is 262 g/mol. The van der Waals surface area contributed by atoms with Crippen molar-refractivity contribution < 1.29 is 0 Å². The molecular formula is C18H25NS. The Morgan fingerprint density at radius 3 is 2.45 bits per heavy atom. The summed E-state index contributed by atoms with van der Waals surface area (Å²) in [6.45, 7) is 6.70. The summed E-state index contributed by atoms with van der Waals surface area (Å²) in [5.74, 6) is 0. The van der Waals surface area contributed by atoms with Gasteiger partial charge in [-0.15, -0.1) is 11.3 Å². The molecule has 0 aliphatic carbocycles. The predicted octanol–water partition coefficient (Wildman–Crippen LogP) is 5.64. The first-order valence-electron chi connectivity index (χ1n) is 7.58. The van der Waals surface area contributed by atoms with Gasteiger partial charge in [-0.05, 0) is 38.0 Å². The maximum atomic E-state index is 3.81. The summed E-state index contributed by atoms with van der Waals surface area (Å²) in [7, 11) is 0. The summed E-state index contributed by atoms with van der Waals surface area (Å²) in [6.07, 6.45) is 3.72. The molecule has 2 atom stereocenters. The smallest absolute Gasteiger partial charge is 0.0391 e. The van der Waals surface area contributed by atoms with Crippen LogP contribution in [0.1, 0.15) is 60.5 Å². The van der Waals surface area contributed by atoms with Gasteiger partial charge in [-0.25, -0.2) is 0 Å². The van der Waals surface area contributed by atoms with Crippen LogP contribution in [0, 0.1) is 6.92 Å². The van der Waals surface area contributed by atoms with E-state index in [9.17, 15) is 0 Å². The van der Waals surface area contributed by atoms with E-state index in [1.807, 2.05) is 11.3 Å². The lowest BCUT2D eigenvalue weighted by molar-refractivity contribution is 0.435. The number of aryl methyl sites for hydroxylation is 1. The summed E-state index contributed by atoms with van der Waals surface area (Å²) >= 11 is 1.89. The van der Waals surface area contributed by atoms with E-state index >= 15 is 0 Å². The van der Waals surface area contributed by atoms with Gasteiger partial charge in [-0.1, -0.05) is 50.1 Å². The minimum Gasteiger partial charge on any atom is -0.303 e. The zero-order valence-electron chi connectivity index (χ0n) is 12.7. The van der Waals surface area contributed by atoms with Crippen molar-refractivity contribution in [2.75, 3.05) is 0 Å². The van der Waals surface area contributed by atoms with E-state index in [2.05, 4.69) is 68.6 Å². The topological polar surface area (TPSA) is 12.0 Å². The van der Waals surface area contributed by atoms with Gasteiger partial charge in [0, 0.05) is 21.8 Å². The van der Waals surface area contributed by atoms with Crippen LogP contribution in [-0.4, -0.2) is 0 Å². The monoisotopic (exact) mass is 287 g/mol. The normalized spacial score (nSPS) is 14.2. The number of hydrogen-bond acceptors (Lipinski definition) is 2. The number of thiophene rings is 1. The molecule has 0 bridgehead atoms. The van der Waals surface area contributed by atoms with Gasteiger partial charge in [0.1, 0.15) is 0 Å². The molecule has 1 aromatic heterocycles. The lowest BCUT2D eigenvalue weighted by Crippen LogP contribution is -2.24. The zero-order valence-corrected chi connectivity index (χ0v) is 13.5. The van der Waals surface area contributed by atoms with Crippen LogP contribution in [0.25, 0.3) is 0 Å². The molecule has 2 rings (SSSR count). The SMILES string of the molecule is CCCCC(NC(C)c1ccc(C)s1)c1ccccc1. The van der Waals surface area contributed by atoms with Crippen LogP contribution in [0.15, 0.2) is 42.5 Å². The Balaban J connectivity index is 2.07. The van der Waals surface area contributed by atoms with Crippen LogP contribution in [0.3, 0.4) is 0 Å². The van der Waals surface area contributed by atoms with Crippen molar-refractivity contribution in [2.45, 2.75) is 52.1 Å². The molecule has 2 aromatic rings. The van der Waals surface area contributed by atoms with Gasteiger partial charge in [0.05, 0.1) is 0 Å². The number of nitrogens with one attached hydrogen (secondary N) is 1.